The second-order valence-corrected chi connectivity index (χ2v) is 7.34. The van der Waals surface area contributed by atoms with Crippen molar-refractivity contribution in [3.63, 3.8) is 0 Å². The fraction of sp³-hybridized carbons (Fsp3) is 0.348. The molecule has 0 unspecified atom stereocenters. The van der Waals surface area contributed by atoms with E-state index in [1.165, 1.54) is 10.9 Å². The Hall–Kier alpha value is -2.79. The number of aromatic nitrogens is 2. The number of rotatable bonds is 7. The number of aryl methyl sites for hydroxylation is 1. The molecule has 5 heteroatoms. The Morgan fingerprint density at radius 2 is 1.86 bits per heavy atom. The topological polar surface area (TPSA) is 64.2 Å². The predicted molar refractivity (Wildman–Crippen MR) is 118 cm³/mol. The van der Waals surface area contributed by atoms with E-state index in [0.717, 1.165) is 65.6 Å². The maximum Gasteiger partial charge on any atom is 0.133 e. The second-order valence-electron chi connectivity index (χ2n) is 7.34. The first-order chi connectivity index (χ1) is 13.6. The molecule has 0 saturated heterocycles. The zero-order chi connectivity index (χ0) is 19.7. The highest BCUT2D eigenvalue weighted by Gasteiger charge is 2.13. The van der Waals surface area contributed by atoms with Crippen molar-refractivity contribution in [2.75, 3.05) is 31.5 Å². The van der Waals surface area contributed by atoms with Crippen molar-refractivity contribution in [3.8, 4) is 5.75 Å². The molecule has 0 aliphatic heterocycles. The summed E-state index contributed by atoms with van der Waals surface area (Å²) in [7, 11) is 0. The van der Waals surface area contributed by atoms with Crippen molar-refractivity contribution >= 4 is 38.4 Å². The van der Waals surface area contributed by atoms with Crippen molar-refractivity contribution in [1.29, 1.82) is 0 Å². The minimum Gasteiger partial charge on any atom is -0.508 e. The molecule has 0 aliphatic carbocycles. The maximum absolute atomic E-state index is 9.93. The molecule has 0 atom stereocenters. The molecule has 0 radical (unpaired) electrons. The number of nitrogens with one attached hydrogen (secondary N) is 2. The largest absolute Gasteiger partial charge is 0.508 e. The number of nitrogens with zero attached hydrogens (tertiary/aromatic N) is 2. The van der Waals surface area contributed by atoms with Crippen LogP contribution in [0.4, 0.5) is 5.82 Å². The first kappa shape index (κ1) is 18.6. The van der Waals surface area contributed by atoms with Crippen LogP contribution in [0, 0.1) is 6.92 Å². The van der Waals surface area contributed by atoms with Gasteiger partial charge in [0.2, 0.25) is 0 Å². The lowest BCUT2D eigenvalue weighted by Crippen LogP contribution is -2.25. The summed E-state index contributed by atoms with van der Waals surface area (Å²) in [6, 6.07) is 9.74. The zero-order valence-electron chi connectivity index (χ0n) is 16.8. The molecule has 0 amide bonds. The third kappa shape index (κ3) is 3.27. The molecular weight excluding hydrogens is 348 g/mol. The highest BCUT2D eigenvalue weighted by Crippen LogP contribution is 2.36. The van der Waals surface area contributed by atoms with E-state index >= 15 is 0 Å². The molecule has 0 fully saturated rings. The Morgan fingerprint density at radius 3 is 2.64 bits per heavy atom. The predicted octanol–water partition coefficient (Wildman–Crippen LogP) is 5.03. The van der Waals surface area contributed by atoms with Crippen molar-refractivity contribution in [2.45, 2.75) is 27.2 Å². The highest BCUT2D eigenvalue weighted by molar-refractivity contribution is 6.15. The van der Waals surface area contributed by atoms with Crippen LogP contribution in [0.3, 0.4) is 0 Å². The van der Waals surface area contributed by atoms with E-state index in [4.69, 9.17) is 0 Å². The maximum atomic E-state index is 9.93. The van der Waals surface area contributed by atoms with Crippen molar-refractivity contribution in [1.82, 2.24) is 14.9 Å². The average molecular weight is 377 g/mol. The van der Waals surface area contributed by atoms with E-state index in [9.17, 15) is 5.11 Å². The SMILES string of the molecule is CCN(CC)CCCNc1nccc2c(C)c3[nH]c4ccc(O)cc4c3cc12. The monoisotopic (exact) mass is 376 g/mol. The molecule has 2 heterocycles. The van der Waals surface area contributed by atoms with Crippen molar-refractivity contribution in [2.24, 2.45) is 0 Å². The minimum absolute atomic E-state index is 0.284. The smallest absolute Gasteiger partial charge is 0.133 e. The molecule has 4 rings (SSSR count). The first-order valence-electron chi connectivity index (χ1n) is 10.1. The van der Waals surface area contributed by atoms with Gasteiger partial charge in [-0.3, -0.25) is 0 Å². The van der Waals surface area contributed by atoms with E-state index < -0.39 is 0 Å². The van der Waals surface area contributed by atoms with Crippen LogP contribution in [0.15, 0.2) is 36.5 Å². The summed E-state index contributed by atoms with van der Waals surface area (Å²) < 4.78 is 0. The fourth-order valence-corrected chi connectivity index (χ4v) is 4.06. The Morgan fingerprint density at radius 1 is 1.04 bits per heavy atom. The average Bonchev–Trinajstić information content (AvgIpc) is 3.07. The molecule has 0 bridgehead atoms. The molecule has 3 N–H and O–H groups in total. The van der Waals surface area contributed by atoms with Gasteiger partial charge in [-0.1, -0.05) is 13.8 Å². The van der Waals surface area contributed by atoms with Gasteiger partial charge in [0.1, 0.15) is 11.6 Å². The number of hydrogen-bond donors (Lipinski definition) is 3. The van der Waals surface area contributed by atoms with E-state index in [1.54, 1.807) is 6.07 Å². The van der Waals surface area contributed by atoms with Crippen molar-refractivity contribution < 1.29 is 5.11 Å². The molecule has 0 spiro atoms. The highest BCUT2D eigenvalue weighted by atomic mass is 16.3. The lowest BCUT2D eigenvalue weighted by atomic mass is 10.0. The van der Waals surface area contributed by atoms with E-state index in [1.807, 2.05) is 18.3 Å². The van der Waals surface area contributed by atoms with E-state index in [-0.39, 0.29) is 5.75 Å². The molecular formula is C23H28N4O. The lowest BCUT2D eigenvalue weighted by Gasteiger charge is -2.18. The van der Waals surface area contributed by atoms with Gasteiger partial charge in [0, 0.05) is 34.4 Å². The number of aromatic amines is 1. The van der Waals surface area contributed by atoms with Crippen LogP contribution in [0.2, 0.25) is 0 Å². The molecule has 0 aliphatic rings. The van der Waals surface area contributed by atoms with Gasteiger partial charge in [0.25, 0.3) is 0 Å². The summed E-state index contributed by atoms with van der Waals surface area (Å²) >= 11 is 0. The van der Waals surface area contributed by atoms with E-state index in [2.05, 4.69) is 53.1 Å². The number of fused-ring (bicyclic) bond motifs is 4. The van der Waals surface area contributed by atoms with Crippen LogP contribution < -0.4 is 5.32 Å². The fourth-order valence-electron chi connectivity index (χ4n) is 4.06. The molecule has 5 nitrogen and oxygen atoms in total. The third-order valence-electron chi connectivity index (χ3n) is 5.72. The lowest BCUT2D eigenvalue weighted by molar-refractivity contribution is 0.303. The van der Waals surface area contributed by atoms with Crippen molar-refractivity contribution in [3.05, 3.63) is 42.1 Å². The normalized spacial score (nSPS) is 11.9. The quantitative estimate of drug-likeness (QED) is 0.396. The minimum atomic E-state index is 0.284. The Kier molecular flexibility index (Phi) is 5.09. The molecule has 2 aromatic heterocycles. The van der Waals surface area contributed by atoms with Gasteiger partial charge < -0.3 is 20.3 Å². The Bertz CT molecular complexity index is 1130. The molecule has 28 heavy (non-hydrogen) atoms. The standard InChI is InChI=1S/C23H28N4O/c1-4-27(5-2)12-6-10-24-23-20-14-19-18-13-16(28)7-8-21(18)26-22(19)15(3)17(20)9-11-25-23/h7-9,11,13-14,26,28H,4-6,10,12H2,1-3H3,(H,24,25). The van der Waals surface area contributed by atoms with Gasteiger partial charge >= 0.3 is 0 Å². The van der Waals surface area contributed by atoms with Crippen LogP contribution in [-0.4, -0.2) is 46.2 Å². The third-order valence-corrected chi connectivity index (χ3v) is 5.72. The van der Waals surface area contributed by atoms with Gasteiger partial charge in [-0.25, -0.2) is 4.98 Å². The summed E-state index contributed by atoms with van der Waals surface area (Å²) in [4.78, 5) is 10.5. The number of pyridine rings is 1. The van der Waals surface area contributed by atoms with Crippen LogP contribution in [0.25, 0.3) is 32.6 Å². The van der Waals surface area contributed by atoms with Gasteiger partial charge in [-0.2, -0.15) is 0 Å². The number of H-pyrrole nitrogens is 1. The van der Waals surface area contributed by atoms with Gasteiger partial charge in [0.15, 0.2) is 0 Å². The summed E-state index contributed by atoms with van der Waals surface area (Å²) in [6.07, 6.45) is 2.96. The number of aromatic hydroxyl groups is 1. The zero-order valence-corrected chi connectivity index (χ0v) is 16.8. The number of phenolic OH excluding ortho intramolecular Hbond substituents is 1. The summed E-state index contributed by atoms with van der Waals surface area (Å²) in [6.45, 7) is 10.7. The summed E-state index contributed by atoms with van der Waals surface area (Å²) in [5.74, 6) is 1.21. The van der Waals surface area contributed by atoms with Crippen LogP contribution in [-0.2, 0) is 0 Å². The molecule has 0 saturated carbocycles. The first-order valence-corrected chi connectivity index (χ1v) is 10.1. The Balaban J connectivity index is 1.72. The van der Waals surface area contributed by atoms with Gasteiger partial charge in [-0.05, 0) is 74.3 Å². The van der Waals surface area contributed by atoms with Crippen LogP contribution in [0.5, 0.6) is 5.75 Å². The number of benzene rings is 2. The second kappa shape index (κ2) is 7.68. The summed E-state index contributed by atoms with van der Waals surface area (Å²) in [5.41, 5.74) is 3.36. The summed E-state index contributed by atoms with van der Waals surface area (Å²) in [5, 5.41) is 18.0. The number of phenols is 1. The molecule has 2 aromatic carbocycles. The van der Waals surface area contributed by atoms with Crippen LogP contribution in [0.1, 0.15) is 25.8 Å². The van der Waals surface area contributed by atoms with Crippen LogP contribution >= 0.6 is 0 Å². The molecule has 4 aromatic rings. The van der Waals surface area contributed by atoms with Gasteiger partial charge in [-0.15, -0.1) is 0 Å². The number of hydrogen-bond acceptors (Lipinski definition) is 4. The van der Waals surface area contributed by atoms with E-state index in [0.29, 0.717) is 0 Å². The number of anilines is 1. The Labute approximate surface area is 165 Å². The van der Waals surface area contributed by atoms with Gasteiger partial charge in [0.05, 0.1) is 5.52 Å². The molecule has 146 valence electrons.